The summed E-state index contributed by atoms with van der Waals surface area (Å²) in [5.74, 6) is 0.593. The molecule has 2 aromatic rings. The first kappa shape index (κ1) is 18.1. The molecule has 6 heteroatoms. The van der Waals surface area contributed by atoms with E-state index in [0.717, 1.165) is 22.6 Å². The van der Waals surface area contributed by atoms with Gasteiger partial charge in [0.25, 0.3) is 11.8 Å². The second-order valence-electron chi connectivity index (χ2n) is 6.73. The quantitative estimate of drug-likeness (QED) is 0.816. The number of aryl methyl sites for hydroxylation is 1. The first-order valence-electron chi connectivity index (χ1n) is 9.03. The van der Waals surface area contributed by atoms with Crippen molar-refractivity contribution in [2.45, 2.75) is 11.8 Å². The maximum absolute atomic E-state index is 13.6. The maximum atomic E-state index is 13.6. The smallest absolute Gasteiger partial charge is 0.268 e. The van der Waals surface area contributed by atoms with Gasteiger partial charge in [0, 0.05) is 37.1 Å². The van der Waals surface area contributed by atoms with E-state index in [1.165, 1.54) is 0 Å². The van der Waals surface area contributed by atoms with E-state index in [2.05, 4.69) is 0 Å². The van der Waals surface area contributed by atoms with Crippen molar-refractivity contribution in [1.29, 1.82) is 0 Å². The summed E-state index contributed by atoms with van der Waals surface area (Å²) in [7, 11) is 1.63. The van der Waals surface area contributed by atoms with E-state index in [-0.39, 0.29) is 11.8 Å². The van der Waals surface area contributed by atoms with Crippen LogP contribution in [0.5, 0.6) is 0 Å². The van der Waals surface area contributed by atoms with Crippen LogP contribution in [0, 0.1) is 6.92 Å². The van der Waals surface area contributed by atoms with E-state index >= 15 is 0 Å². The van der Waals surface area contributed by atoms with Gasteiger partial charge in [0.15, 0.2) is 4.87 Å². The fraction of sp³-hybridized carbons (Fsp3) is 0.333. The first-order chi connectivity index (χ1) is 13.1. The molecule has 1 spiro atoms. The van der Waals surface area contributed by atoms with E-state index in [9.17, 15) is 9.59 Å². The van der Waals surface area contributed by atoms with Gasteiger partial charge >= 0.3 is 0 Å². The van der Waals surface area contributed by atoms with Gasteiger partial charge in [-0.25, -0.2) is 0 Å². The Kier molecular flexibility index (Phi) is 4.70. The summed E-state index contributed by atoms with van der Waals surface area (Å²) in [6.45, 7) is 3.40. The number of amides is 2. The molecule has 5 nitrogen and oxygen atoms in total. The molecule has 2 aromatic carbocycles. The Balaban J connectivity index is 1.80. The summed E-state index contributed by atoms with van der Waals surface area (Å²) >= 11 is 1.55. The van der Waals surface area contributed by atoms with E-state index in [1.54, 1.807) is 28.7 Å². The number of nitrogens with zero attached hydrogens (tertiary/aromatic N) is 2. The van der Waals surface area contributed by atoms with Crippen molar-refractivity contribution < 1.29 is 14.3 Å². The highest BCUT2D eigenvalue weighted by Gasteiger charge is 2.59. The predicted octanol–water partition coefficient (Wildman–Crippen LogP) is 3.03. The molecule has 0 aliphatic carbocycles. The molecule has 4 rings (SSSR count). The van der Waals surface area contributed by atoms with E-state index < -0.39 is 4.87 Å². The molecule has 2 aliphatic rings. The Morgan fingerprint density at radius 2 is 1.93 bits per heavy atom. The molecule has 2 aliphatic heterocycles. The highest BCUT2D eigenvalue weighted by Crippen LogP contribution is 2.54. The molecular weight excluding hydrogens is 360 g/mol. The number of rotatable bonds is 4. The zero-order chi connectivity index (χ0) is 19.0. The van der Waals surface area contributed by atoms with Crippen LogP contribution >= 0.6 is 11.8 Å². The topological polar surface area (TPSA) is 49.9 Å². The summed E-state index contributed by atoms with van der Waals surface area (Å²) in [6, 6.07) is 15.3. The summed E-state index contributed by atoms with van der Waals surface area (Å²) in [5, 5.41) is 0. The van der Waals surface area contributed by atoms with Crippen molar-refractivity contribution in [1.82, 2.24) is 4.90 Å². The number of carbonyl (C=O) groups excluding carboxylic acids is 2. The number of carbonyl (C=O) groups is 2. The molecule has 27 heavy (non-hydrogen) atoms. The van der Waals surface area contributed by atoms with Crippen LogP contribution in [0.15, 0.2) is 48.5 Å². The Morgan fingerprint density at radius 3 is 2.70 bits per heavy atom. The van der Waals surface area contributed by atoms with Gasteiger partial charge in [-0.15, -0.1) is 11.8 Å². The van der Waals surface area contributed by atoms with Crippen LogP contribution in [-0.4, -0.2) is 49.3 Å². The zero-order valence-electron chi connectivity index (χ0n) is 15.5. The van der Waals surface area contributed by atoms with Crippen LogP contribution in [0.3, 0.4) is 0 Å². The number of benzene rings is 2. The standard InChI is InChI=1S/C21H22N2O3S/c1-15-7-3-4-8-16(15)19(24)23-12-14-27-21(23)17-9-5-6-10-18(17)22(20(21)25)11-13-26-2/h3-10H,11-14H2,1-2H3. The normalized spacial score (nSPS) is 21.2. The average Bonchev–Trinajstić information content (AvgIpc) is 3.23. The third-order valence-electron chi connectivity index (χ3n) is 5.24. The molecule has 0 aromatic heterocycles. The number of hydrogen-bond donors (Lipinski definition) is 0. The molecular formula is C21H22N2O3S. The van der Waals surface area contributed by atoms with Gasteiger partial charge in [0.1, 0.15) is 0 Å². The summed E-state index contributed by atoms with van der Waals surface area (Å²) < 4.78 is 5.20. The average molecular weight is 382 g/mol. The zero-order valence-corrected chi connectivity index (χ0v) is 16.3. The van der Waals surface area contributed by atoms with Crippen molar-refractivity contribution in [2.75, 3.05) is 37.5 Å². The van der Waals surface area contributed by atoms with E-state index in [1.807, 2.05) is 55.5 Å². The lowest BCUT2D eigenvalue weighted by atomic mass is 10.0. The second-order valence-corrected chi connectivity index (χ2v) is 8.02. The lowest BCUT2D eigenvalue weighted by Gasteiger charge is -2.33. The largest absolute Gasteiger partial charge is 0.383 e. The molecule has 0 bridgehead atoms. The van der Waals surface area contributed by atoms with Crippen LogP contribution in [0.1, 0.15) is 21.5 Å². The highest BCUT2D eigenvalue weighted by atomic mass is 32.2. The van der Waals surface area contributed by atoms with Crippen LogP contribution in [0.2, 0.25) is 0 Å². The van der Waals surface area contributed by atoms with Gasteiger partial charge in [-0.2, -0.15) is 0 Å². The van der Waals surface area contributed by atoms with Gasteiger partial charge in [-0.1, -0.05) is 36.4 Å². The number of fused-ring (bicyclic) bond motifs is 2. The minimum Gasteiger partial charge on any atom is -0.383 e. The molecule has 1 fully saturated rings. The number of hydrogen-bond acceptors (Lipinski definition) is 4. The molecule has 2 heterocycles. The summed E-state index contributed by atoms with van der Waals surface area (Å²) in [5.41, 5.74) is 3.34. The maximum Gasteiger partial charge on any atom is 0.268 e. The SMILES string of the molecule is COCCN1C(=O)C2(SCCN2C(=O)c2ccccc2C)c2ccccc21. The third-order valence-corrected chi connectivity index (χ3v) is 6.66. The van der Waals surface area contributed by atoms with Crippen LogP contribution in [0.4, 0.5) is 5.69 Å². The van der Waals surface area contributed by atoms with Gasteiger partial charge in [0.2, 0.25) is 0 Å². The lowest BCUT2D eigenvalue weighted by molar-refractivity contribution is -0.123. The number of anilines is 1. The highest BCUT2D eigenvalue weighted by molar-refractivity contribution is 8.01. The van der Waals surface area contributed by atoms with Crippen molar-refractivity contribution in [3.05, 3.63) is 65.2 Å². The van der Waals surface area contributed by atoms with Gasteiger partial charge in [-0.05, 0) is 24.6 Å². The van der Waals surface area contributed by atoms with Crippen molar-refractivity contribution in [2.24, 2.45) is 0 Å². The van der Waals surface area contributed by atoms with Crippen molar-refractivity contribution in [3.8, 4) is 0 Å². The van der Waals surface area contributed by atoms with Crippen LogP contribution in [0.25, 0.3) is 0 Å². The number of ether oxygens (including phenoxy) is 1. The van der Waals surface area contributed by atoms with E-state index in [4.69, 9.17) is 4.74 Å². The number of para-hydroxylation sites is 1. The molecule has 0 saturated carbocycles. The molecule has 1 unspecified atom stereocenters. The Labute approximate surface area is 163 Å². The lowest BCUT2D eigenvalue weighted by Crippen LogP contribution is -2.51. The molecule has 140 valence electrons. The molecule has 2 amide bonds. The summed E-state index contributed by atoms with van der Waals surface area (Å²) in [6.07, 6.45) is 0. The van der Waals surface area contributed by atoms with Gasteiger partial charge < -0.3 is 14.5 Å². The number of methoxy groups -OCH3 is 1. The third kappa shape index (κ3) is 2.66. The summed E-state index contributed by atoms with van der Waals surface area (Å²) in [4.78, 5) is 29.5. The first-order valence-corrected chi connectivity index (χ1v) is 10.0. The van der Waals surface area contributed by atoms with Gasteiger partial charge in [0.05, 0.1) is 12.3 Å². The van der Waals surface area contributed by atoms with Crippen molar-refractivity contribution in [3.63, 3.8) is 0 Å². The Hall–Kier alpha value is -2.31. The molecule has 0 N–H and O–H groups in total. The fourth-order valence-electron chi connectivity index (χ4n) is 3.93. The molecule has 1 atom stereocenters. The van der Waals surface area contributed by atoms with E-state index in [0.29, 0.717) is 25.3 Å². The minimum atomic E-state index is -0.982. The second kappa shape index (κ2) is 7.02. The Bertz CT molecular complexity index is 901. The minimum absolute atomic E-state index is 0.0508. The fourth-order valence-corrected chi connectivity index (χ4v) is 5.39. The monoisotopic (exact) mass is 382 g/mol. The molecule has 0 radical (unpaired) electrons. The Morgan fingerprint density at radius 1 is 1.19 bits per heavy atom. The van der Waals surface area contributed by atoms with Crippen LogP contribution in [-0.2, 0) is 14.4 Å². The molecule has 1 saturated heterocycles. The predicted molar refractivity (Wildman–Crippen MR) is 107 cm³/mol. The van der Waals surface area contributed by atoms with Crippen LogP contribution < -0.4 is 4.90 Å². The number of thioether (sulfide) groups is 1. The van der Waals surface area contributed by atoms with Gasteiger partial charge in [-0.3, -0.25) is 9.59 Å². The van der Waals surface area contributed by atoms with Crippen molar-refractivity contribution >= 4 is 29.3 Å².